The van der Waals surface area contributed by atoms with Crippen molar-refractivity contribution in [1.29, 1.82) is 0 Å². The van der Waals surface area contributed by atoms with Crippen LogP contribution in [0.25, 0.3) is 0 Å². The lowest BCUT2D eigenvalue weighted by Gasteiger charge is -2.41. The Bertz CT molecular complexity index is 280. The summed E-state index contributed by atoms with van der Waals surface area (Å²) in [5.41, 5.74) is 1.30. The molecular weight excluding hydrogens is 152 g/mol. The molecule has 0 bridgehead atoms. The second kappa shape index (κ2) is 2.44. The number of carbonyl (C=O) groups excluding carboxylic acids is 1. The number of hydrogen-bond acceptors (Lipinski definition) is 2. The number of nitrogens with zero attached hydrogens (tertiary/aromatic N) is 2. The van der Waals surface area contributed by atoms with Gasteiger partial charge in [-0.05, 0) is 19.4 Å². The molecule has 0 radical (unpaired) electrons. The maximum absolute atomic E-state index is 11.2. The van der Waals surface area contributed by atoms with Crippen LogP contribution in [0.3, 0.4) is 0 Å². The van der Waals surface area contributed by atoms with E-state index in [1.807, 2.05) is 13.0 Å². The molecule has 2 aliphatic rings. The second-order valence-electron chi connectivity index (χ2n) is 3.52. The SMILES string of the molecule is CC1=CC=NN2C(=O)[C@H](C)C2C1. The minimum atomic E-state index is 0.152. The maximum atomic E-state index is 11.2. The summed E-state index contributed by atoms with van der Waals surface area (Å²) in [7, 11) is 0. The lowest BCUT2D eigenvalue weighted by Crippen LogP contribution is -2.56. The van der Waals surface area contributed by atoms with Gasteiger partial charge in [0.2, 0.25) is 5.91 Å². The van der Waals surface area contributed by atoms with Crippen molar-refractivity contribution in [2.45, 2.75) is 26.3 Å². The van der Waals surface area contributed by atoms with E-state index in [-0.39, 0.29) is 11.8 Å². The zero-order chi connectivity index (χ0) is 8.72. The normalized spacial score (nSPS) is 33.7. The molecule has 0 aromatic carbocycles. The van der Waals surface area contributed by atoms with E-state index >= 15 is 0 Å². The van der Waals surface area contributed by atoms with Crippen LogP contribution in [0.4, 0.5) is 0 Å². The number of amides is 1. The molecule has 0 aliphatic carbocycles. The van der Waals surface area contributed by atoms with Crippen LogP contribution in [0.2, 0.25) is 0 Å². The van der Waals surface area contributed by atoms with Gasteiger partial charge in [-0.15, -0.1) is 0 Å². The third kappa shape index (κ3) is 0.891. The van der Waals surface area contributed by atoms with Gasteiger partial charge in [0.05, 0.1) is 12.0 Å². The van der Waals surface area contributed by atoms with Crippen molar-refractivity contribution < 1.29 is 4.79 Å². The van der Waals surface area contributed by atoms with Gasteiger partial charge in [-0.2, -0.15) is 5.10 Å². The molecular formula is C9H12N2O. The minimum Gasteiger partial charge on any atom is -0.273 e. The van der Waals surface area contributed by atoms with Gasteiger partial charge in [0.1, 0.15) is 0 Å². The molecule has 64 valence electrons. The van der Waals surface area contributed by atoms with Crippen molar-refractivity contribution >= 4 is 12.1 Å². The number of rotatable bonds is 0. The van der Waals surface area contributed by atoms with Crippen molar-refractivity contribution in [1.82, 2.24) is 5.01 Å². The average Bonchev–Trinajstić information content (AvgIpc) is 2.24. The summed E-state index contributed by atoms with van der Waals surface area (Å²) in [6.45, 7) is 4.04. The number of hydrogen-bond donors (Lipinski definition) is 0. The van der Waals surface area contributed by atoms with E-state index in [9.17, 15) is 4.79 Å². The lowest BCUT2D eigenvalue weighted by molar-refractivity contribution is -0.154. The molecule has 2 heterocycles. The Balaban J connectivity index is 2.21. The summed E-state index contributed by atoms with van der Waals surface area (Å²) in [5.74, 6) is 0.308. The summed E-state index contributed by atoms with van der Waals surface area (Å²) >= 11 is 0. The molecule has 1 amide bonds. The van der Waals surface area contributed by atoms with Gasteiger partial charge in [-0.25, -0.2) is 5.01 Å². The Morgan fingerprint density at radius 2 is 2.42 bits per heavy atom. The number of carbonyl (C=O) groups is 1. The first-order valence-corrected chi connectivity index (χ1v) is 4.23. The molecule has 0 aromatic heterocycles. The third-order valence-electron chi connectivity index (χ3n) is 2.59. The fraction of sp³-hybridized carbons (Fsp3) is 0.556. The number of allylic oxidation sites excluding steroid dienone is 1. The van der Waals surface area contributed by atoms with E-state index in [1.54, 1.807) is 11.2 Å². The number of hydrazone groups is 1. The van der Waals surface area contributed by atoms with Crippen molar-refractivity contribution in [3.63, 3.8) is 0 Å². The van der Waals surface area contributed by atoms with E-state index in [2.05, 4.69) is 12.0 Å². The summed E-state index contributed by atoms with van der Waals surface area (Å²) in [6.07, 6.45) is 4.64. The van der Waals surface area contributed by atoms with Crippen LogP contribution in [-0.4, -0.2) is 23.2 Å². The van der Waals surface area contributed by atoms with Gasteiger partial charge in [-0.1, -0.05) is 12.5 Å². The standard InChI is InChI=1S/C9H12N2O/c1-6-3-4-10-11-8(5-6)7(2)9(11)12/h3-4,7-8H,5H2,1-2H3/t7-,8?/m1/s1. The van der Waals surface area contributed by atoms with Crippen LogP contribution >= 0.6 is 0 Å². The van der Waals surface area contributed by atoms with Gasteiger partial charge in [0.25, 0.3) is 0 Å². The lowest BCUT2D eigenvalue weighted by atomic mass is 9.87. The first-order valence-electron chi connectivity index (χ1n) is 4.23. The summed E-state index contributed by atoms with van der Waals surface area (Å²) < 4.78 is 0. The molecule has 2 aliphatic heterocycles. The second-order valence-corrected chi connectivity index (χ2v) is 3.52. The Morgan fingerprint density at radius 3 is 3.17 bits per heavy atom. The molecule has 0 N–H and O–H groups in total. The summed E-state index contributed by atoms with van der Waals surface area (Å²) in [6, 6.07) is 0.312. The largest absolute Gasteiger partial charge is 0.273 e. The average molecular weight is 164 g/mol. The molecule has 3 nitrogen and oxygen atoms in total. The van der Waals surface area contributed by atoms with Gasteiger partial charge in [-0.3, -0.25) is 4.79 Å². The molecule has 0 spiro atoms. The molecule has 2 atom stereocenters. The molecule has 12 heavy (non-hydrogen) atoms. The quantitative estimate of drug-likeness (QED) is 0.495. The fourth-order valence-electron chi connectivity index (χ4n) is 1.70. The molecule has 1 fully saturated rings. The Morgan fingerprint density at radius 1 is 1.67 bits per heavy atom. The third-order valence-corrected chi connectivity index (χ3v) is 2.59. The van der Waals surface area contributed by atoms with Gasteiger partial charge >= 0.3 is 0 Å². The van der Waals surface area contributed by atoms with Gasteiger partial charge in [0.15, 0.2) is 0 Å². The topological polar surface area (TPSA) is 32.7 Å². The maximum Gasteiger partial charge on any atom is 0.247 e. The molecule has 3 heteroatoms. The molecule has 1 saturated heterocycles. The van der Waals surface area contributed by atoms with Gasteiger partial charge < -0.3 is 0 Å². The Kier molecular flexibility index (Phi) is 1.53. The minimum absolute atomic E-state index is 0.152. The van der Waals surface area contributed by atoms with E-state index in [0.29, 0.717) is 6.04 Å². The molecule has 1 unspecified atom stereocenters. The van der Waals surface area contributed by atoms with Crippen LogP contribution in [-0.2, 0) is 4.79 Å². The first kappa shape index (κ1) is 7.53. The highest BCUT2D eigenvalue weighted by Gasteiger charge is 2.44. The van der Waals surface area contributed by atoms with Crippen molar-refractivity contribution in [3.05, 3.63) is 11.6 Å². The van der Waals surface area contributed by atoms with Crippen LogP contribution in [0, 0.1) is 5.92 Å². The predicted molar refractivity (Wildman–Crippen MR) is 46.7 cm³/mol. The van der Waals surface area contributed by atoms with E-state index in [1.165, 1.54) is 5.57 Å². The summed E-state index contributed by atoms with van der Waals surface area (Å²) in [5, 5.41) is 5.65. The smallest absolute Gasteiger partial charge is 0.247 e. The van der Waals surface area contributed by atoms with Crippen molar-refractivity contribution in [3.8, 4) is 0 Å². The van der Waals surface area contributed by atoms with Crippen LogP contribution in [0.5, 0.6) is 0 Å². The van der Waals surface area contributed by atoms with Crippen molar-refractivity contribution in [2.24, 2.45) is 11.0 Å². The zero-order valence-corrected chi connectivity index (χ0v) is 7.32. The van der Waals surface area contributed by atoms with E-state index in [0.717, 1.165) is 6.42 Å². The van der Waals surface area contributed by atoms with E-state index in [4.69, 9.17) is 0 Å². The predicted octanol–water partition coefficient (Wildman–Crippen LogP) is 1.17. The van der Waals surface area contributed by atoms with Crippen LogP contribution < -0.4 is 0 Å². The number of fused-ring (bicyclic) bond motifs is 1. The Hall–Kier alpha value is -1.12. The monoisotopic (exact) mass is 164 g/mol. The molecule has 2 rings (SSSR count). The fourth-order valence-corrected chi connectivity index (χ4v) is 1.70. The first-order chi connectivity index (χ1) is 5.70. The highest BCUT2D eigenvalue weighted by Crippen LogP contribution is 2.32. The Labute approximate surface area is 71.7 Å². The highest BCUT2D eigenvalue weighted by molar-refractivity contribution is 5.87. The van der Waals surface area contributed by atoms with Crippen molar-refractivity contribution in [2.75, 3.05) is 0 Å². The highest BCUT2D eigenvalue weighted by atomic mass is 16.2. The summed E-state index contributed by atoms with van der Waals surface area (Å²) in [4.78, 5) is 11.2. The molecule has 0 saturated carbocycles. The van der Waals surface area contributed by atoms with Gasteiger partial charge in [0, 0.05) is 6.21 Å². The molecule has 0 aromatic rings. The zero-order valence-electron chi connectivity index (χ0n) is 7.32. The van der Waals surface area contributed by atoms with Crippen LogP contribution in [0.1, 0.15) is 20.3 Å². The van der Waals surface area contributed by atoms with E-state index < -0.39 is 0 Å². The number of β-lactam (4-membered cyclic amide) rings is 1. The van der Waals surface area contributed by atoms with Crippen LogP contribution in [0.15, 0.2) is 16.8 Å².